The van der Waals surface area contributed by atoms with Crippen molar-refractivity contribution >= 4 is 17.6 Å². The van der Waals surface area contributed by atoms with Gasteiger partial charge in [0, 0.05) is 6.42 Å². The Balaban J connectivity index is 1.97. The van der Waals surface area contributed by atoms with Crippen LogP contribution in [0.1, 0.15) is 75.8 Å². The van der Waals surface area contributed by atoms with E-state index in [9.17, 15) is 4.79 Å². The average Bonchev–Trinajstić information content (AvgIpc) is 2.54. The van der Waals surface area contributed by atoms with Gasteiger partial charge < -0.3 is 4.74 Å². The maximum Gasteiger partial charge on any atom is 0.305 e. The molecule has 3 heteroatoms. The van der Waals surface area contributed by atoms with Crippen LogP contribution in [0.3, 0.4) is 0 Å². The first-order chi connectivity index (χ1) is 10.5. The molecule has 122 valence electrons. The number of benzene rings is 1. The molecule has 1 fully saturated rings. The van der Waals surface area contributed by atoms with E-state index in [4.69, 9.17) is 16.3 Å². The molecule has 1 saturated carbocycles. The third kappa shape index (κ3) is 4.74. The molecule has 0 bridgehead atoms. The fourth-order valence-corrected chi connectivity index (χ4v) is 3.47. The van der Waals surface area contributed by atoms with Crippen molar-refractivity contribution in [1.82, 2.24) is 0 Å². The van der Waals surface area contributed by atoms with E-state index in [-0.39, 0.29) is 5.97 Å². The Hall–Kier alpha value is -1.02. The van der Waals surface area contributed by atoms with Crippen molar-refractivity contribution in [3.63, 3.8) is 0 Å². The minimum atomic E-state index is -0.516. The van der Waals surface area contributed by atoms with Crippen molar-refractivity contribution in [2.24, 2.45) is 0 Å². The van der Waals surface area contributed by atoms with Gasteiger partial charge in [-0.25, -0.2) is 0 Å². The molecule has 0 amide bonds. The summed E-state index contributed by atoms with van der Waals surface area (Å²) >= 11 is 6.64. The zero-order valence-electron chi connectivity index (χ0n) is 13.7. The number of alkyl halides is 1. The van der Waals surface area contributed by atoms with Crippen LogP contribution in [0.5, 0.6) is 0 Å². The fraction of sp³-hybridized carbons (Fsp3) is 0.632. The van der Waals surface area contributed by atoms with E-state index in [1.54, 1.807) is 0 Å². The van der Waals surface area contributed by atoms with Gasteiger partial charge in [-0.15, -0.1) is 11.6 Å². The van der Waals surface area contributed by atoms with Gasteiger partial charge in [-0.2, -0.15) is 0 Å². The summed E-state index contributed by atoms with van der Waals surface area (Å²) in [5, 5.41) is 0. The lowest BCUT2D eigenvalue weighted by atomic mass is 9.83. The first-order valence-corrected chi connectivity index (χ1v) is 8.85. The molecule has 0 heterocycles. The molecule has 0 spiro atoms. The molecule has 2 nitrogen and oxygen atoms in total. The van der Waals surface area contributed by atoms with Crippen LogP contribution in [-0.2, 0) is 14.4 Å². The Morgan fingerprint density at radius 2 is 1.86 bits per heavy atom. The molecule has 0 saturated heterocycles. The predicted molar refractivity (Wildman–Crippen MR) is 91.3 cm³/mol. The summed E-state index contributed by atoms with van der Waals surface area (Å²) in [6.45, 7) is 4.22. The highest BCUT2D eigenvalue weighted by atomic mass is 35.5. The van der Waals surface area contributed by atoms with E-state index in [1.807, 2.05) is 13.8 Å². The van der Waals surface area contributed by atoms with Crippen LogP contribution in [0.25, 0.3) is 0 Å². The van der Waals surface area contributed by atoms with E-state index in [2.05, 4.69) is 24.3 Å². The summed E-state index contributed by atoms with van der Waals surface area (Å²) in [6.07, 6.45) is 7.63. The van der Waals surface area contributed by atoms with Gasteiger partial charge in [-0.05, 0) is 50.2 Å². The normalized spacial score (nSPS) is 18.7. The Bertz CT molecular complexity index is 473. The van der Waals surface area contributed by atoms with E-state index >= 15 is 0 Å². The van der Waals surface area contributed by atoms with Crippen molar-refractivity contribution in [3.8, 4) is 0 Å². The molecule has 22 heavy (non-hydrogen) atoms. The van der Waals surface area contributed by atoms with Crippen molar-refractivity contribution in [2.45, 2.75) is 69.6 Å². The minimum absolute atomic E-state index is 0.173. The first-order valence-electron chi connectivity index (χ1n) is 8.48. The molecule has 1 atom stereocenters. The summed E-state index contributed by atoms with van der Waals surface area (Å²) in [4.78, 5) is 11.0. The van der Waals surface area contributed by atoms with E-state index in [0.29, 0.717) is 25.4 Å². The second-order valence-electron chi connectivity index (χ2n) is 6.46. The Morgan fingerprint density at radius 3 is 2.45 bits per heavy atom. The minimum Gasteiger partial charge on any atom is -0.466 e. The number of carbonyl (C=O) groups is 1. The van der Waals surface area contributed by atoms with Gasteiger partial charge in [0.25, 0.3) is 0 Å². The van der Waals surface area contributed by atoms with Crippen molar-refractivity contribution in [2.75, 3.05) is 6.61 Å². The van der Waals surface area contributed by atoms with Gasteiger partial charge in [0.15, 0.2) is 0 Å². The van der Waals surface area contributed by atoms with Crippen LogP contribution in [-0.4, -0.2) is 12.6 Å². The molecule has 2 rings (SSSR count). The van der Waals surface area contributed by atoms with Crippen molar-refractivity contribution in [3.05, 3.63) is 35.4 Å². The largest absolute Gasteiger partial charge is 0.466 e. The van der Waals surface area contributed by atoms with Crippen LogP contribution in [0, 0.1) is 0 Å². The first kappa shape index (κ1) is 17.3. The molecule has 0 aromatic heterocycles. The lowest BCUT2D eigenvalue weighted by molar-refractivity contribution is -0.143. The lowest BCUT2D eigenvalue weighted by Crippen LogP contribution is -2.17. The smallest absolute Gasteiger partial charge is 0.305 e. The number of carbonyl (C=O) groups excluding carboxylic acids is 1. The van der Waals surface area contributed by atoms with Crippen LogP contribution < -0.4 is 0 Å². The third-order valence-electron chi connectivity index (χ3n) is 4.69. The van der Waals surface area contributed by atoms with Gasteiger partial charge >= 0.3 is 5.97 Å². The highest BCUT2D eigenvalue weighted by molar-refractivity contribution is 6.23. The predicted octanol–water partition coefficient (Wildman–Crippen LogP) is 5.53. The zero-order valence-corrected chi connectivity index (χ0v) is 14.5. The number of ether oxygens (including phenoxy) is 1. The Kier molecular flexibility index (Phi) is 6.31. The lowest BCUT2D eigenvalue weighted by Gasteiger charge is -2.25. The quantitative estimate of drug-likeness (QED) is 0.508. The molecular weight excluding hydrogens is 296 g/mol. The van der Waals surface area contributed by atoms with E-state index in [1.165, 1.54) is 37.7 Å². The number of rotatable bonds is 6. The third-order valence-corrected chi connectivity index (χ3v) is 5.10. The highest BCUT2D eigenvalue weighted by Crippen LogP contribution is 2.36. The molecule has 1 aliphatic carbocycles. The highest BCUT2D eigenvalue weighted by Gasteiger charge is 2.25. The second kappa shape index (κ2) is 8.01. The zero-order chi connectivity index (χ0) is 16.0. The number of hydrogen-bond donors (Lipinski definition) is 0. The van der Waals surface area contributed by atoms with Gasteiger partial charge in [0.05, 0.1) is 11.5 Å². The van der Waals surface area contributed by atoms with E-state index in [0.717, 1.165) is 5.56 Å². The van der Waals surface area contributed by atoms with Crippen molar-refractivity contribution in [1.29, 1.82) is 0 Å². The average molecular weight is 323 g/mol. The summed E-state index contributed by atoms with van der Waals surface area (Å²) in [6, 6.07) is 8.69. The summed E-state index contributed by atoms with van der Waals surface area (Å²) in [7, 11) is 0. The summed E-state index contributed by atoms with van der Waals surface area (Å²) in [5.41, 5.74) is 2.51. The SMILES string of the molecule is CCOC(=O)CCC(C)(Cl)c1ccc(C2CCCCC2)cc1. The molecule has 0 radical (unpaired) electrons. The molecule has 1 aromatic rings. The molecule has 0 aliphatic heterocycles. The fourth-order valence-electron chi connectivity index (χ4n) is 3.25. The topological polar surface area (TPSA) is 26.3 Å². The summed E-state index contributed by atoms with van der Waals surface area (Å²) in [5.74, 6) is 0.539. The Morgan fingerprint density at radius 1 is 1.23 bits per heavy atom. The summed E-state index contributed by atoms with van der Waals surface area (Å²) < 4.78 is 4.97. The van der Waals surface area contributed by atoms with Gasteiger partial charge in [0.1, 0.15) is 0 Å². The van der Waals surface area contributed by atoms with Crippen LogP contribution >= 0.6 is 11.6 Å². The Labute approximate surface area is 139 Å². The molecule has 0 N–H and O–H groups in total. The van der Waals surface area contributed by atoms with Gasteiger partial charge in [0.2, 0.25) is 0 Å². The van der Waals surface area contributed by atoms with Crippen LogP contribution in [0.2, 0.25) is 0 Å². The molecule has 1 unspecified atom stereocenters. The van der Waals surface area contributed by atoms with Gasteiger partial charge in [-0.3, -0.25) is 4.79 Å². The number of halogens is 1. The molecule has 1 aliphatic rings. The van der Waals surface area contributed by atoms with E-state index < -0.39 is 4.87 Å². The van der Waals surface area contributed by atoms with Crippen molar-refractivity contribution < 1.29 is 9.53 Å². The van der Waals surface area contributed by atoms with Crippen LogP contribution in [0.4, 0.5) is 0 Å². The maximum atomic E-state index is 11.5. The number of hydrogen-bond acceptors (Lipinski definition) is 2. The maximum absolute atomic E-state index is 11.5. The standard InChI is InChI=1S/C19H27ClO2/c1-3-22-18(21)13-14-19(2,20)17-11-9-16(10-12-17)15-7-5-4-6-8-15/h9-12,15H,3-8,13-14H2,1-2H3. The van der Waals surface area contributed by atoms with Crippen LogP contribution in [0.15, 0.2) is 24.3 Å². The monoisotopic (exact) mass is 322 g/mol. The number of esters is 1. The molecule has 1 aromatic carbocycles. The second-order valence-corrected chi connectivity index (χ2v) is 7.29. The van der Waals surface area contributed by atoms with Gasteiger partial charge in [-0.1, -0.05) is 43.5 Å². The molecular formula is C19H27ClO2.